The van der Waals surface area contributed by atoms with E-state index in [2.05, 4.69) is 15.6 Å². The minimum atomic E-state index is -0.429. The number of thioether (sulfide) groups is 1. The quantitative estimate of drug-likeness (QED) is 0.292. The molecule has 0 aliphatic carbocycles. The third-order valence-electron chi connectivity index (χ3n) is 2.44. The second-order valence-electron chi connectivity index (χ2n) is 4.38. The van der Waals surface area contributed by atoms with Crippen LogP contribution in [0.1, 0.15) is 24.2 Å². The van der Waals surface area contributed by atoms with Crippen molar-refractivity contribution in [1.29, 1.82) is 5.26 Å². The topological polar surface area (TPSA) is 86.5 Å². The van der Waals surface area contributed by atoms with Gasteiger partial charge in [-0.3, -0.25) is 5.32 Å². The van der Waals surface area contributed by atoms with E-state index in [9.17, 15) is 4.79 Å². The van der Waals surface area contributed by atoms with Gasteiger partial charge in [0.1, 0.15) is 0 Å². The Balaban J connectivity index is 3.28. The summed E-state index contributed by atoms with van der Waals surface area (Å²) in [5, 5.41) is 14.9. The van der Waals surface area contributed by atoms with Gasteiger partial charge in [-0.25, -0.2) is 9.79 Å². The van der Waals surface area contributed by atoms with Gasteiger partial charge in [0.2, 0.25) is 0 Å². The lowest BCUT2D eigenvalue weighted by Crippen LogP contribution is -2.14. The number of carbonyl (C=O) groups is 1. The second-order valence-corrected chi connectivity index (χ2v) is 5.18. The molecule has 0 saturated heterocycles. The number of nitriles is 1. The Bertz CT molecular complexity index is 579. The predicted molar refractivity (Wildman–Crippen MR) is 85.9 cm³/mol. The van der Waals surface area contributed by atoms with E-state index in [0.717, 1.165) is 5.69 Å². The van der Waals surface area contributed by atoms with Crippen molar-refractivity contribution in [2.24, 2.45) is 4.99 Å². The molecule has 0 fully saturated rings. The van der Waals surface area contributed by atoms with Crippen LogP contribution in [0.3, 0.4) is 0 Å². The summed E-state index contributed by atoms with van der Waals surface area (Å²) in [5.41, 5.74) is 1.76. The molecule has 1 aromatic carbocycles. The van der Waals surface area contributed by atoms with Gasteiger partial charge in [-0.15, -0.1) is 0 Å². The molecule has 2 N–H and O–H groups in total. The highest BCUT2D eigenvalue weighted by Gasteiger charge is 2.11. The van der Waals surface area contributed by atoms with E-state index in [1.807, 2.05) is 26.3 Å². The summed E-state index contributed by atoms with van der Waals surface area (Å²) >= 11 is 1.31. The van der Waals surface area contributed by atoms with Crippen LogP contribution in [0.5, 0.6) is 0 Å². The van der Waals surface area contributed by atoms with E-state index in [4.69, 9.17) is 10.00 Å². The average Bonchev–Trinajstić information content (AvgIpc) is 2.47. The first-order chi connectivity index (χ1) is 10.0. The number of hydrogen-bond acceptors (Lipinski definition) is 6. The van der Waals surface area contributed by atoms with Crippen LogP contribution in [-0.2, 0) is 4.74 Å². The number of anilines is 1. The molecular formula is C14H18N4O2S. The summed E-state index contributed by atoms with van der Waals surface area (Å²) in [7, 11) is 1.33. The lowest BCUT2D eigenvalue weighted by atomic mass is 10.1. The van der Waals surface area contributed by atoms with Crippen LogP contribution >= 0.6 is 11.8 Å². The molecule has 1 aromatic rings. The third kappa shape index (κ3) is 5.00. The summed E-state index contributed by atoms with van der Waals surface area (Å²) in [4.78, 5) is 16.0. The Morgan fingerprint density at radius 3 is 2.71 bits per heavy atom. The van der Waals surface area contributed by atoms with Crippen molar-refractivity contribution in [3.8, 4) is 6.19 Å². The van der Waals surface area contributed by atoms with Crippen LogP contribution in [0.2, 0.25) is 0 Å². The molecule has 0 unspecified atom stereocenters. The largest absolute Gasteiger partial charge is 0.465 e. The first-order valence-electron chi connectivity index (χ1n) is 6.28. The summed E-state index contributed by atoms with van der Waals surface area (Å²) in [6, 6.07) is 5.29. The predicted octanol–water partition coefficient (Wildman–Crippen LogP) is 2.71. The average molecular weight is 306 g/mol. The SMILES string of the molecule is COC(=O)c1ccc(NC(C)C)c(N=C(NC#N)SC)c1. The lowest BCUT2D eigenvalue weighted by Gasteiger charge is -2.14. The standard InChI is InChI=1S/C14H18N4O2S/c1-9(2)17-11-6-5-10(13(19)20-3)7-12(11)18-14(21-4)16-8-15/h5-7,9,17H,1-4H3,(H,16,18). The third-order valence-corrected chi connectivity index (χ3v) is 3.02. The summed E-state index contributed by atoms with van der Waals surface area (Å²) in [6.45, 7) is 4.01. The molecule has 112 valence electrons. The van der Waals surface area contributed by atoms with Crippen LogP contribution in [0.25, 0.3) is 0 Å². The number of carbonyl (C=O) groups excluding carboxylic acids is 1. The molecule has 0 heterocycles. The Labute approximate surface area is 128 Å². The van der Waals surface area contributed by atoms with Crippen LogP contribution < -0.4 is 10.6 Å². The van der Waals surface area contributed by atoms with Gasteiger partial charge in [-0.05, 0) is 38.3 Å². The maximum atomic E-state index is 11.6. The summed E-state index contributed by atoms with van der Waals surface area (Å²) in [6.07, 6.45) is 3.64. The number of ether oxygens (including phenoxy) is 1. The molecule has 7 heteroatoms. The minimum Gasteiger partial charge on any atom is -0.465 e. The molecule has 0 spiro atoms. The Kier molecular flexibility index (Phi) is 6.56. The van der Waals surface area contributed by atoms with Crippen molar-refractivity contribution in [1.82, 2.24) is 5.32 Å². The van der Waals surface area contributed by atoms with Crippen molar-refractivity contribution in [3.63, 3.8) is 0 Å². The number of aliphatic imine (C=N–C) groups is 1. The van der Waals surface area contributed by atoms with Gasteiger partial charge in [-0.2, -0.15) is 5.26 Å². The minimum absolute atomic E-state index is 0.213. The molecule has 0 amide bonds. The zero-order valence-corrected chi connectivity index (χ0v) is 13.2. The molecule has 21 heavy (non-hydrogen) atoms. The molecule has 0 aromatic heterocycles. The van der Waals surface area contributed by atoms with E-state index >= 15 is 0 Å². The van der Waals surface area contributed by atoms with Gasteiger partial charge in [-0.1, -0.05) is 11.8 Å². The number of amidine groups is 1. The Morgan fingerprint density at radius 1 is 1.48 bits per heavy atom. The highest BCUT2D eigenvalue weighted by molar-refractivity contribution is 8.13. The number of hydrogen-bond donors (Lipinski definition) is 2. The maximum Gasteiger partial charge on any atom is 0.337 e. The van der Waals surface area contributed by atoms with E-state index in [0.29, 0.717) is 16.4 Å². The van der Waals surface area contributed by atoms with Crippen molar-refractivity contribution < 1.29 is 9.53 Å². The lowest BCUT2D eigenvalue weighted by molar-refractivity contribution is 0.0601. The number of nitrogens with one attached hydrogen (secondary N) is 2. The number of methoxy groups -OCH3 is 1. The van der Waals surface area contributed by atoms with E-state index in [1.165, 1.54) is 18.9 Å². The van der Waals surface area contributed by atoms with Gasteiger partial charge >= 0.3 is 5.97 Å². The van der Waals surface area contributed by atoms with E-state index in [1.54, 1.807) is 18.2 Å². The molecule has 0 bridgehead atoms. The van der Waals surface area contributed by atoms with Gasteiger partial charge in [0.15, 0.2) is 11.4 Å². The number of esters is 1. The highest BCUT2D eigenvalue weighted by Crippen LogP contribution is 2.28. The molecular weight excluding hydrogens is 288 g/mol. The van der Waals surface area contributed by atoms with Crippen molar-refractivity contribution in [2.75, 3.05) is 18.7 Å². The number of benzene rings is 1. The molecule has 0 radical (unpaired) electrons. The molecule has 1 rings (SSSR count). The van der Waals surface area contributed by atoms with Gasteiger partial charge < -0.3 is 10.1 Å². The Morgan fingerprint density at radius 2 is 2.19 bits per heavy atom. The summed E-state index contributed by atoms with van der Waals surface area (Å²) in [5.74, 6) is -0.429. The van der Waals surface area contributed by atoms with E-state index < -0.39 is 5.97 Å². The smallest absolute Gasteiger partial charge is 0.337 e. The molecule has 0 atom stereocenters. The Hall–Kier alpha value is -2.20. The van der Waals surface area contributed by atoms with Crippen molar-refractivity contribution in [3.05, 3.63) is 23.8 Å². The first-order valence-corrected chi connectivity index (χ1v) is 7.51. The normalized spacial score (nSPS) is 11.0. The van der Waals surface area contributed by atoms with Crippen LogP contribution in [0.15, 0.2) is 23.2 Å². The van der Waals surface area contributed by atoms with Gasteiger partial charge in [0, 0.05) is 6.04 Å². The molecule has 0 saturated carbocycles. The summed E-state index contributed by atoms with van der Waals surface area (Å²) < 4.78 is 4.71. The first kappa shape index (κ1) is 16.9. The monoisotopic (exact) mass is 306 g/mol. The van der Waals surface area contributed by atoms with E-state index in [-0.39, 0.29) is 6.04 Å². The van der Waals surface area contributed by atoms with Crippen molar-refractivity contribution >= 4 is 34.3 Å². The van der Waals surface area contributed by atoms with Crippen LogP contribution in [0.4, 0.5) is 11.4 Å². The fourth-order valence-electron chi connectivity index (χ4n) is 1.58. The molecule has 0 aliphatic heterocycles. The molecule has 0 aliphatic rings. The zero-order valence-electron chi connectivity index (χ0n) is 12.4. The van der Waals surface area contributed by atoms with Crippen LogP contribution in [-0.4, -0.2) is 30.5 Å². The van der Waals surface area contributed by atoms with Gasteiger partial charge in [0.25, 0.3) is 0 Å². The zero-order chi connectivity index (χ0) is 15.8. The van der Waals surface area contributed by atoms with Crippen molar-refractivity contribution in [2.45, 2.75) is 19.9 Å². The number of nitrogens with zero attached hydrogens (tertiary/aromatic N) is 2. The molecule has 6 nitrogen and oxygen atoms in total. The highest BCUT2D eigenvalue weighted by atomic mass is 32.2. The number of rotatable bonds is 4. The van der Waals surface area contributed by atoms with Crippen LogP contribution in [0, 0.1) is 11.5 Å². The maximum absolute atomic E-state index is 11.6. The fourth-order valence-corrected chi connectivity index (χ4v) is 1.92. The second kappa shape index (κ2) is 8.17. The van der Waals surface area contributed by atoms with Gasteiger partial charge in [0.05, 0.1) is 24.0 Å². The fraction of sp³-hybridized carbons (Fsp3) is 0.357.